The third-order valence-electron chi connectivity index (χ3n) is 6.88. The van der Waals surface area contributed by atoms with Gasteiger partial charge in [-0.25, -0.2) is 9.55 Å². The van der Waals surface area contributed by atoms with Gasteiger partial charge in [0.25, 0.3) is 0 Å². The zero-order valence-corrected chi connectivity index (χ0v) is 18.7. The Bertz CT molecular complexity index is 2040. The summed E-state index contributed by atoms with van der Waals surface area (Å²) in [6.45, 7) is -13.6. The van der Waals surface area contributed by atoms with E-state index in [1.54, 1.807) is 6.07 Å². The fraction of sp³-hybridized carbons (Fsp3) is 0.290. The number of benzene rings is 2. The minimum Gasteiger partial charge on any atom is -0.437 e. The lowest BCUT2D eigenvalue weighted by molar-refractivity contribution is -0.660. The normalized spacial score (nSPS) is 22.5. The molecular formula is C31H31N2O+. The summed E-state index contributed by atoms with van der Waals surface area (Å²) >= 11 is 0. The SMILES string of the molecule is [2H]C([2H])([2H])C([2H])(C([2H])([2H])[2H])C1(C([2H])(C([2H])([2H])[2H])C([2H])([2H])[2H])c2ccccc2-c2cc3c(nc21)oc1c(-c2cccc[n+]2C)c(C)ccc13. The minimum atomic E-state index is -3.93. The maximum absolute atomic E-state index is 9.54. The Morgan fingerprint density at radius 3 is 2.47 bits per heavy atom. The van der Waals surface area contributed by atoms with Crippen LogP contribution in [0.1, 0.15) is 63.4 Å². The third-order valence-corrected chi connectivity index (χ3v) is 6.88. The van der Waals surface area contributed by atoms with E-state index in [1.807, 2.05) is 49.0 Å². The van der Waals surface area contributed by atoms with E-state index in [4.69, 9.17) is 20.9 Å². The molecule has 170 valence electrons. The van der Waals surface area contributed by atoms with Crippen LogP contribution in [0.2, 0.25) is 0 Å². The molecule has 0 N–H and O–H groups in total. The summed E-state index contributed by atoms with van der Waals surface area (Å²) < 4.78 is 129. The smallest absolute Gasteiger partial charge is 0.227 e. The van der Waals surface area contributed by atoms with Crippen LogP contribution in [0, 0.1) is 18.7 Å². The predicted molar refractivity (Wildman–Crippen MR) is 139 cm³/mol. The first-order valence-corrected chi connectivity index (χ1v) is 10.9. The molecule has 0 atom stereocenters. The summed E-state index contributed by atoms with van der Waals surface area (Å²) in [5, 5.41) is 0.971. The van der Waals surface area contributed by atoms with E-state index in [2.05, 4.69) is 4.98 Å². The van der Waals surface area contributed by atoms with Crippen LogP contribution in [0.25, 0.3) is 44.5 Å². The summed E-state index contributed by atoms with van der Waals surface area (Å²) in [5.74, 6) is -7.85. The highest BCUT2D eigenvalue weighted by Crippen LogP contribution is 2.56. The van der Waals surface area contributed by atoms with Crippen molar-refractivity contribution < 1.29 is 28.2 Å². The number of rotatable bonds is 3. The number of fused-ring (bicyclic) bond motifs is 6. The minimum absolute atomic E-state index is 0.00319. The van der Waals surface area contributed by atoms with Crippen molar-refractivity contribution >= 4 is 22.1 Å². The number of aryl methyl sites for hydroxylation is 2. The van der Waals surface area contributed by atoms with Gasteiger partial charge in [-0.3, -0.25) is 0 Å². The molecule has 34 heavy (non-hydrogen) atoms. The molecule has 0 aliphatic heterocycles. The van der Waals surface area contributed by atoms with E-state index in [-0.39, 0.29) is 16.8 Å². The van der Waals surface area contributed by atoms with Gasteiger partial charge >= 0.3 is 0 Å². The molecule has 1 aliphatic rings. The van der Waals surface area contributed by atoms with Crippen molar-refractivity contribution in [3.8, 4) is 22.4 Å². The van der Waals surface area contributed by atoms with E-state index >= 15 is 0 Å². The quantitative estimate of drug-likeness (QED) is 0.263. The van der Waals surface area contributed by atoms with Crippen LogP contribution in [-0.4, -0.2) is 4.98 Å². The number of aromatic nitrogens is 2. The number of nitrogens with zero attached hydrogens (tertiary/aromatic N) is 2. The van der Waals surface area contributed by atoms with Crippen molar-refractivity contribution in [3.05, 3.63) is 83.7 Å². The summed E-state index contributed by atoms with van der Waals surface area (Å²) in [6, 6.07) is 16.3. The lowest BCUT2D eigenvalue weighted by Crippen LogP contribution is -2.38. The summed E-state index contributed by atoms with van der Waals surface area (Å²) in [7, 11) is 1.85. The molecule has 5 aromatic rings. The van der Waals surface area contributed by atoms with Crippen molar-refractivity contribution in [2.75, 3.05) is 0 Å². The van der Waals surface area contributed by atoms with E-state index in [0.717, 1.165) is 11.3 Å². The first-order valence-electron chi connectivity index (χ1n) is 17.9. The van der Waals surface area contributed by atoms with Gasteiger partial charge in [0.05, 0.1) is 11.3 Å². The molecule has 0 saturated heterocycles. The average Bonchev–Trinajstić information content (AvgIpc) is 3.46. The van der Waals surface area contributed by atoms with Crippen LogP contribution in [0.3, 0.4) is 0 Å². The molecule has 0 amide bonds. The largest absolute Gasteiger partial charge is 0.437 e. The van der Waals surface area contributed by atoms with Crippen molar-refractivity contribution in [1.82, 2.24) is 4.98 Å². The summed E-state index contributed by atoms with van der Waals surface area (Å²) in [6.07, 6.45) is 1.85. The molecule has 1 aliphatic carbocycles. The third kappa shape index (κ3) is 2.58. The first kappa shape index (κ1) is 10.9. The van der Waals surface area contributed by atoms with Gasteiger partial charge in [-0.05, 0) is 47.5 Å². The van der Waals surface area contributed by atoms with Gasteiger partial charge in [0.1, 0.15) is 7.05 Å². The van der Waals surface area contributed by atoms with Crippen molar-refractivity contribution in [2.24, 2.45) is 18.8 Å². The Hall–Kier alpha value is -3.46. The Balaban J connectivity index is 1.89. The van der Waals surface area contributed by atoms with Crippen molar-refractivity contribution in [2.45, 2.75) is 39.7 Å². The van der Waals surface area contributed by atoms with Crippen LogP contribution >= 0.6 is 0 Å². The van der Waals surface area contributed by atoms with Gasteiger partial charge in [0.2, 0.25) is 11.4 Å². The van der Waals surface area contributed by atoms with Gasteiger partial charge in [0, 0.05) is 53.1 Å². The number of hydrogen-bond acceptors (Lipinski definition) is 2. The second-order valence-corrected chi connectivity index (χ2v) is 8.72. The number of furan rings is 1. The molecule has 0 saturated carbocycles. The molecule has 3 nitrogen and oxygen atoms in total. The molecule has 3 aromatic heterocycles. The molecule has 0 spiro atoms. The highest BCUT2D eigenvalue weighted by molar-refractivity contribution is 6.10. The van der Waals surface area contributed by atoms with Gasteiger partial charge in [-0.1, -0.05) is 63.8 Å². The monoisotopic (exact) mass is 461 g/mol. The average molecular weight is 462 g/mol. The van der Waals surface area contributed by atoms with Crippen LogP contribution in [0.5, 0.6) is 0 Å². The van der Waals surface area contributed by atoms with Gasteiger partial charge in [-0.2, -0.15) is 0 Å². The summed E-state index contributed by atoms with van der Waals surface area (Å²) in [5.41, 5.74) is -1.91. The van der Waals surface area contributed by atoms with E-state index in [0.29, 0.717) is 21.9 Å². The first-order chi connectivity index (χ1) is 22.0. The van der Waals surface area contributed by atoms with Crippen molar-refractivity contribution in [1.29, 1.82) is 0 Å². The van der Waals surface area contributed by atoms with E-state index in [1.165, 1.54) is 30.3 Å². The Kier molecular flexibility index (Phi) is 2.32. The fourth-order valence-corrected chi connectivity index (χ4v) is 5.26. The van der Waals surface area contributed by atoms with Crippen LogP contribution < -0.4 is 4.57 Å². The highest BCUT2D eigenvalue weighted by Gasteiger charge is 2.49. The Labute approximate surface area is 220 Å². The topological polar surface area (TPSA) is 29.9 Å². The van der Waals surface area contributed by atoms with E-state index < -0.39 is 55.9 Å². The molecule has 3 heteroatoms. The standard InChI is InChI=1S/C31H31N2O/c1-18(2)31(19(3)4)25-12-8-7-11-21(25)23-17-24-22-15-14-20(5)27(26-13-9-10-16-33(26)6)28(22)34-30(24)32-29(23)31/h7-19H,1-6H3/q+1/i1D3,2D3,3D3,4D3,18D,19D. The molecular weight excluding hydrogens is 416 g/mol. The number of hydrogen-bond donors (Lipinski definition) is 0. The zero-order chi connectivity index (χ0) is 35.6. The maximum atomic E-state index is 9.54. The fourth-order valence-electron chi connectivity index (χ4n) is 5.26. The molecule has 6 rings (SSSR count). The van der Waals surface area contributed by atoms with Crippen LogP contribution in [0.4, 0.5) is 0 Å². The Morgan fingerprint density at radius 1 is 0.941 bits per heavy atom. The molecule has 0 fully saturated rings. The highest BCUT2D eigenvalue weighted by atomic mass is 16.3. The predicted octanol–water partition coefficient (Wildman–Crippen LogP) is 7.36. The van der Waals surface area contributed by atoms with Crippen LogP contribution in [-0.2, 0) is 12.5 Å². The lowest BCUT2D eigenvalue weighted by atomic mass is 9.64. The second-order valence-electron chi connectivity index (χ2n) is 8.72. The summed E-state index contributed by atoms with van der Waals surface area (Å²) in [4.78, 5) is 4.62. The molecule has 3 heterocycles. The molecule has 2 aromatic carbocycles. The van der Waals surface area contributed by atoms with Gasteiger partial charge in [-0.15, -0.1) is 0 Å². The molecule has 0 radical (unpaired) electrons. The second kappa shape index (κ2) is 7.27. The Morgan fingerprint density at radius 2 is 1.71 bits per heavy atom. The number of pyridine rings is 2. The molecule has 0 bridgehead atoms. The van der Waals surface area contributed by atoms with Gasteiger partial charge in [0.15, 0.2) is 11.8 Å². The molecule has 0 unspecified atom stereocenters. The van der Waals surface area contributed by atoms with Gasteiger partial charge < -0.3 is 4.42 Å². The maximum Gasteiger partial charge on any atom is 0.227 e. The van der Waals surface area contributed by atoms with E-state index in [9.17, 15) is 2.74 Å². The zero-order valence-electron chi connectivity index (χ0n) is 32.7. The van der Waals surface area contributed by atoms with Crippen LogP contribution in [0.15, 0.2) is 71.3 Å². The van der Waals surface area contributed by atoms with Crippen molar-refractivity contribution in [3.63, 3.8) is 0 Å². The lowest BCUT2D eigenvalue weighted by Gasteiger charge is -2.39.